The summed E-state index contributed by atoms with van der Waals surface area (Å²) >= 11 is 0. The molecule has 10 nitrogen and oxygen atoms in total. The van der Waals surface area contributed by atoms with Crippen LogP contribution in [0.25, 0.3) is 0 Å². The van der Waals surface area contributed by atoms with Gasteiger partial charge < -0.3 is 13.3 Å². The number of tetrazole rings is 1. The molecule has 0 aliphatic rings. The average Bonchev–Trinajstić information content (AvgIpc) is 3.57. The Morgan fingerprint density at radius 3 is 1.14 bits per heavy atom. The Hall–Kier alpha value is -1.96. The van der Waals surface area contributed by atoms with Gasteiger partial charge in [-0.1, -0.05) is 123 Å². The van der Waals surface area contributed by atoms with Gasteiger partial charge in [-0.2, -0.15) is 30.7 Å². The summed E-state index contributed by atoms with van der Waals surface area (Å²) < 4.78 is 1.91. The number of nitrogens with one attached hydrogen (secondary N) is 1. The first kappa shape index (κ1) is 58.4. The summed E-state index contributed by atoms with van der Waals surface area (Å²) in [5.74, 6) is 4.05. The predicted octanol–water partition coefficient (Wildman–Crippen LogP) is 11.2. The van der Waals surface area contributed by atoms with E-state index in [2.05, 4.69) is 214 Å². The van der Waals surface area contributed by atoms with E-state index in [4.69, 9.17) is 0 Å². The summed E-state index contributed by atoms with van der Waals surface area (Å²) in [6.07, 6.45) is 2.03. The van der Waals surface area contributed by atoms with Gasteiger partial charge in [-0.15, -0.1) is 15.3 Å². The minimum Gasteiger partial charge on any atom is -0.358 e. The molecule has 0 aliphatic heterocycles. The van der Waals surface area contributed by atoms with E-state index in [0.29, 0.717) is 5.41 Å². The molecule has 3 heterocycles. The van der Waals surface area contributed by atoms with Crippen molar-refractivity contribution in [2.75, 3.05) is 0 Å². The van der Waals surface area contributed by atoms with Gasteiger partial charge in [0.15, 0.2) is 11.6 Å². The summed E-state index contributed by atoms with van der Waals surface area (Å²) in [6.45, 7) is 52.9. The summed E-state index contributed by atoms with van der Waals surface area (Å²) in [4.78, 5) is 6.15. The summed E-state index contributed by atoms with van der Waals surface area (Å²) in [7, 11) is 0. The van der Waals surface area contributed by atoms with Crippen LogP contribution in [0.15, 0.2) is 6.20 Å². The first-order chi connectivity index (χ1) is 20.9. The van der Waals surface area contributed by atoms with Gasteiger partial charge >= 0.3 is 21.1 Å². The fourth-order valence-electron chi connectivity index (χ4n) is 2.67. The molecule has 0 saturated carbocycles. The van der Waals surface area contributed by atoms with Crippen molar-refractivity contribution in [1.82, 2.24) is 50.4 Å². The first-order valence-electron chi connectivity index (χ1n) is 17.3. The Morgan fingerprint density at radius 2 is 0.961 bits per heavy atom. The number of hydrogen-bond acceptors (Lipinski definition) is 7. The van der Waals surface area contributed by atoms with Gasteiger partial charge in [-0.3, -0.25) is 5.10 Å². The van der Waals surface area contributed by atoms with Crippen molar-refractivity contribution in [3.8, 4) is 0 Å². The van der Waals surface area contributed by atoms with Crippen molar-refractivity contribution in [3.63, 3.8) is 0 Å². The molecule has 3 aromatic rings. The van der Waals surface area contributed by atoms with Crippen molar-refractivity contribution >= 4 is 0 Å². The first-order valence-corrected chi connectivity index (χ1v) is 17.3. The number of H-pyrrole nitrogens is 1. The second-order valence-corrected chi connectivity index (χ2v) is 20.8. The Kier molecular flexibility index (Phi) is 24.8. The molecule has 11 heteroatoms. The summed E-state index contributed by atoms with van der Waals surface area (Å²) in [5.41, 5.74) is 1.62. The van der Waals surface area contributed by atoms with Crippen LogP contribution in [0.3, 0.4) is 0 Å². The smallest absolute Gasteiger partial charge is 0.358 e. The molecule has 3 rings (SSSR count). The zero-order valence-electron chi connectivity index (χ0n) is 37.5. The molecule has 0 radical (unpaired) electrons. The maximum absolute atomic E-state index is 4.49. The van der Waals surface area contributed by atoms with E-state index >= 15 is 0 Å². The van der Waals surface area contributed by atoms with Crippen molar-refractivity contribution < 1.29 is 21.1 Å². The molecule has 3 aromatic heterocycles. The monoisotopic (exact) mass is 889 g/mol. The van der Waals surface area contributed by atoms with Crippen LogP contribution in [0, 0.1) is 18.8 Å². The molecular weight excluding hydrogens is 804 g/mol. The molecule has 0 saturated heterocycles. The van der Waals surface area contributed by atoms with Crippen LogP contribution in [0.2, 0.25) is 0 Å². The van der Waals surface area contributed by atoms with Crippen LogP contribution in [-0.2, 0) is 53.8 Å². The molecule has 300 valence electrons. The second kappa shape index (κ2) is 21.7. The third-order valence-corrected chi connectivity index (χ3v) is 5.50. The summed E-state index contributed by atoms with van der Waals surface area (Å²) in [5, 5.41) is 27.9. The third kappa shape index (κ3) is 27.3. The van der Waals surface area contributed by atoms with Crippen LogP contribution in [0.5, 0.6) is 0 Å². The van der Waals surface area contributed by atoms with Gasteiger partial charge in [0.2, 0.25) is 0 Å². The van der Waals surface area contributed by atoms with Crippen molar-refractivity contribution in [2.24, 2.45) is 5.41 Å². The third-order valence-electron chi connectivity index (χ3n) is 5.50. The standard InChI is InChI=1S/2C10H19N3.C9H18N4.C5H12.C4H9.CH4.CH3.W/c1-9(2,3)7-11-8(13-12-7)10(4,5)6;1-9(2,3)8-7-13(12-11-8)10(4,5)6;1-8(2,3)7-10-12-13(11-7)9(4,5)6;1-5(2,3)4;1-4(2)3;;;/h1-6H3,(H,11,12,13);7H,1-6H3;1-6H3;1-4H3;1-3H3;1H4;1H3;/q;;;;-1;;-1;+2. The maximum atomic E-state index is 4.49. The van der Waals surface area contributed by atoms with Gasteiger partial charge in [0.25, 0.3) is 0 Å². The Morgan fingerprint density at radius 1 is 0.569 bits per heavy atom. The van der Waals surface area contributed by atoms with E-state index in [-0.39, 0.29) is 68.7 Å². The number of aromatic nitrogens is 10. The van der Waals surface area contributed by atoms with Gasteiger partial charge in [-0.25, -0.2) is 9.67 Å². The SMILES string of the molecule is C.CC(C)(C)C.CC(C)(C)c1cn(C(C)(C)C)nn1.CC(C)(C)c1n[nH]c(C(C)(C)C)n1.CC(C)(C)c1nnn(C(C)(C)C)n1.C[C-](C)C.[CH3-].[W+2]. The normalized spacial score (nSPS) is 12.1. The van der Waals surface area contributed by atoms with Crippen LogP contribution in [0.1, 0.15) is 204 Å². The van der Waals surface area contributed by atoms with Crippen molar-refractivity contribution in [3.05, 3.63) is 42.7 Å². The Labute approximate surface area is 331 Å². The Balaban J connectivity index is -0.000000180. The topological polar surface area (TPSA) is 116 Å². The number of aromatic amines is 1. The zero-order chi connectivity index (χ0) is 38.9. The van der Waals surface area contributed by atoms with E-state index in [1.807, 2.05) is 10.9 Å². The number of rotatable bonds is 0. The van der Waals surface area contributed by atoms with E-state index in [1.165, 1.54) is 5.92 Å². The largest absolute Gasteiger partial charge is 2.00 e. The van der Waals surface area contributed by atoms with E-state index in [9.17, 15) is 0 Å². The Bertz CT molecular complexity index is 1060. The molecule has 0 spiro atoms. The molecule has 0 amide bonds. The fraction of sp³-hybridized carbons (Fsp3) is 0.825. The molecule has 0 aliphatic carbocycles. The number of nitrogens with zero attached hydrogens (tertiary/aromatic N) is 9. The zero-order valence-corrected chi connectivity index (χ0v) is 40.4. The van der Waals surface area contributed by atoms with E-state index in [0.717, 1.165) is 23.2 Å². The average molecular weight is 889 g/mol. The fourth-order valence-corrected chi connectivity index (χ4v) is 2.67. The second-order valence-electron chi connectivity index (χ2n) is 20.8. The van der Waals surface area contributed by atoms with Crippen LogP contribution < -0.4 is 0 Å². The molecular formula is C40H84N10W. The minimum atomic E-state index is -0.0868. The van der Waals surface area contributed by atoms with Gasteiger partial charge in [-0.05, 0) is 52.2 Å². The number of hydrogen-bond donors (Lipinski definition) is 1. The molecule has 1 N–H and O–H groups in total. The van der Waals surface area contributed by atoms with Crippen LogP contribution >= 0.6 is 0 Å². The van der Waals surface area contributed by atoms with E-state index < -0.39 is 0 Å². The predicted molar refractivity (Wildman–Crippen MR) is 218 cm³/mol. The molecule has 0 aromatic carbocycles. The van der Waals surface area contributed by atoms with Gasteiger partial charge in [0, 0.05) is 27.9 Å². The summed E-state index contributed by atoms with van der Waals surface area (Å²) in [6, 6.07) is 0. The van der Waals surface area contributed by atoms with Crippen molar-refractivity contribution in [2.45, 2.75) is 213 Å². The molecule has 0 fully saturated rings. The van der Waals surface area contributed by atoms with E-state index in [1.54, 1.807) is 4.80 Å². The van der Waals surface area contributed by atoms with Gasteiger partial charge in [0.05, 0.1) is 16.8 Å². The van der Waals surface area contributed by atoms with Gasteiger partial charge in [0.1, 0.15) is 5.82 Å². The maximum Gasteiger partial charge on any atom is 2.00 e. The quantitative estimate of drug-likeness (QED) is 0.224. The molecule has 0 bridgehead atoms. The molecule has 51 heavy (non-hydrogen) atoms. The van der Waals surface area contributed by atoms with Crippen LogP contribution in [0.4, 0.5) is 0 Å². The van der Waals surface area contributed by atoms with Crippen molar-refractivity contribution in [1.29, 1.82) is 0 Å². The molecule has 0 unspecified atom stereocenters. The molecule has 0 atom stereocenters. The van der Waals surface area contributed by atoms with Crippen LogP contribution in [-0.4, -0.2) is 50.4 Å². The minimum absolute atomic E-state index is 0.